The molecular weight excluding hydrogens is 457 g/mol. The summed E-state index contributed by atoms with van der Waals surface area (Å²) in [5, 5.41) is 4.64. The predicted octanol–water partition coefficient (Wildman–Crippen LogP) is 2.83. The first-order valence-electron chi connectivity index (χ1n) is 9.82. The van der Waals surface area contributed by atoms with Gasteiger partial charge in [-0.25, -0.2) is 14.4 Å². The van der Waals surface area contributed by atoms with Crippen molar-refractivity contribution in [3.8, 4) is 17.1 Å². The molecule has 168 valence electrons. The van der Waals surface area contributed by atoms with Gasteiger partial charge in [0.15, 0.2) is 5.13 Å². The van der Waals surface area contributed by atoms with Gasteiger partial charge in [0, 0.05) is 28.3 Å². The molecule has 9 nitrogen and oxygen atoms in total. The molecule has 2 aromatic heterocycles. The van der Waals surface area contributed by atoms with Gasteiger partial charge in [-0.15, -0.1) is 11.3 Å². The molecule has 1 fully saturated rings. The van der Waals surface area contributed by atoms with Gasteiger partial charge in [0.1, 0.15) is 5.82 Å². The number of hydrogen-bond acceptors (Lipinski definition) is 8. The van der Waals surface area contributed by atoms with Crippen LogP contribution in [-0.4, -0.2) is 42.3 Å². The molecule has 0 spiro atoms. The highest BCUT2D eigenvalue weighted by Crippen LogP contribution is 2.34. The Balaban J connectivity index is 1.42. The van der Waals surface area contributed by atoms with Gasteiger partial charge in [-0.1, -0.05) is 6.07 Å². The summed E-state index contributed by atoms with van der Waals surface area (Å²) in [6, 6.07) is 4.12. The maximum atomic E-state index is 14.6. The van der Waals surface area contributed by atoms with E-state index in [1.807, 2.05) is 6.92 Å². The van der Waals surface area contributed by atoms with Gasteiger partial charge in [0.2, 0.25) is 5.88 Å². The molecular formula is C20H19FN5O4S2-. The monoisotopic (exact) mass is 476 g/mol. The first-order chi connectivity index (χ1) is 15.5. The second kappa shape index (κ2) is 9.67. The quantitative estimate of drug-likeness (QED) is 0.472. The molecule has 1 unspecified atom stereocenters. The van der Waals surface area contributed by atoms with Crippen molar-refractivity contribution in [2.24, 2.45) is 0 Å². The highest BCUT2D eigenvalue weighted by molar-refractivity contribution is 7.81. The van der Waals surface area contributed by atoms with Crippen molar-refractivity contribution in [2.75, 3.05) is 10.9 Å². The van der Waals surface area contributed by atoms with Gasteiger partial charge in [0.25, 0.3) is 5.91 Å². The largest absolute Gasteiger partial charge is 0.755 e. The third-order valence-corrected chi connectivity index (χ3v) is 6.41. The summed E-state index contributed by atoms with van der Waals surface area (Å²) in [6.07, 6.45) is 4.55. The zero-order valence-corrected chi connectivity index (χ0v) is 18.6. The van der Waals surface area contributed by atoms with E-state index in [1.54, 1.807) is 11.4 Å². The van der Waals surface area contributed by atoms with Crippen molar-refractivity contribution < 1.29 is 22.7 Å². The predicted molar refractivity (Wildman–Crippen MR) is 116 cm³/mol. The summed E-state index contributed by atoms with van der Waals surface area (Å²) in [6.45, 7) is 2.30. The Morgan fingerprint density at radius 2 is 2.19 bits per heavy atom. The minimum atomic E-state index is -2.40. The third kappa shape index (κ3) is 5.09. The average molecular weight is 477 g/mol. The van der Waals surface area contributed by atoms with Crippen LogP contribution in [0.1, 0.15) is 35.8 Å². The van der Waals surface area contributed by atoms with Crippen molar-refractivity contribution in [1.82, 2.24) is 20.3 Å². The van der Waals surface area contributed by atoms with Crippen molar-refractivity contribution in [1.29, 1.82) is 0 Å². The summed E-state index contributed by atoms with van der Waals surface area (Å²) in [5.41, 5.74) is 1.25. The van der Waals surface area contributed by atoms with Crippen molar-refractivity contribution in [2.45, 2.75) is 32.4 Å². The maximum absolute atomic E-state index is 14.6. The van der Waals surface area contributed by atoms with Crippen LogP contribution in [0.2, 0.25) is 0 Å². The molecule has 1 amide bonds. The highest BCUT2D eigenvalue weighted by Gasteiger charge is 2.32. The summed E-state index contributed by atoms with van der Waals surface area (Å²) in [7, 11) is 0. The normalized spacial score (nSPS) is 14.1. The fraction of sp³-hybridized carbons (Fsp3) is 0.300. The standard InChI is InChI=1S/C20H20FN5O4S2/c1-2-30-18-10-22-9-17(25-18)12-3-6-15(16(21)7-12)19(27)23-8-13-11-31-20(24-13)26(32(28)29)14-4-5-14/h3,6-7,9-11,14H,2,4-5,8H2,1H3,(H,23,27)(H,28,29)/p-1. The van der Waals surface area contributed by atoms with Crippen molar-refractivity contribution in [3.05, 3.63) is 53.0 Å². The fourth-order valence-electron chi connectivity index (χ4n) is 2.96. The molecule has 4 rings (SSSR count). The SMILES string of the molecule is CCOc1cncc(-c2ccc(C(=O)NCc3csc(N(C4CC4)S(=O)[O-])n3)c(F)c2)n1. The summed E-state index contributed by atoms with van der Waals surface area (Å²) in [5.74, 6) is -0.982. The number of rotatable bonds is 9. The molecule has 1 N–H and O–H groups in total. The van der Waals surface area contributed by atoms with E-state index < -0.39 is 23.0 Å². The Morgan fingerprint density at radius 1 is 1.38 bits per heavy atom. The van der Waals surface area contributed by atoms with Gasteiger partial charge in [0.05, 0.1) is 42.5 Å². The highest BCUT2D eigenvalue weighted by atomic mass is 32.2. The summed E-state index contributed by atoms with van der Waals surface area (Å²) in [4.78, 5) is 25.0. The second-order valence-electron chi connectivity index (χ2n) is 6.95. The lowest BCUT2D eigenvalue weighted by atomic mass is 10.1. The van der Waals surface area contributed by atoms with Gasteiger partial charge in [-0.2, -0.15) is 0 Å². The molecule has 3 aromatic rings. The van der Waals surface area contributed by atoms with Gasteiger partial charge >= 0.3 is 0 Å². The van der Waals surface area contributed by atoms with Gasteiger partial charge in [-0.3, -0.25) is 18.3 Å². The molecule has 0 aliphatic heterocycles. The van der Waals surface area contributed by atoms with E-state index in [4.69, 9.17) is 4.74 Å². The summed E-state index contributed by atoms with van der Waals surface area (Å²) >= 11 is -1.22. The number of nitrogens with zero attached hydrogens (tertiary/aromatic N) is 4. The number of amides is 1. The first-order valence-corrected chi connectivity index (χ1v) is 11.7. The Kier molecular flexibility index (Phi) is 6.72. The molecule has 12 heteroatoms. The number of carbonyl (C=O) groups excluding carboxylic acids is 1. The van der Waals surface area contributed by atoms with Crippen LogP contribution in [0.25, 0.3) is 11.3 Å². The number of benzene rings is 1. The van der Waals surface area contributed by atoms with E-state index in [0.717, 1.165) is 12.8 Å². The first kappa shape index (κ1) is 22.2. The number of aromatic nitrogens is 3. The second-order valence-corrected chi connectivity index (χ2v) is 8.61. The molecule has 32 heavy (non-hydrogen) atoms. The topological polar surface area (TPSA) is 120 Å². The van der Waals surface area contributed by atoms with E-state index in [0.29, 0.717) is 34.6 Å². The van der Waals surface area contributed by atoms with Crippen LogP contribution < -0.4 is 14.4 Å². The van der Waals surface area contributed by atoms with Gasteiger partial charge < -0.3 is 14.6 Å². The Morgan fingerprint density at radius 3 is 2.88 bits per heavy atom. The number of halogens is 1. The third-order valence-electron chi connectivity index (χ3n) is 4.61. The number of carbonyl (C=O) groups is 1. The number of anilines is 1. The van der Waals surface area contributed by atoms with Crippen LogP contribution in [0.15, 0.2) is 36.0 Å². The van der Waals surface area contributed by atoms with E-state index in [9.17, 15) is 17.9 Å². The number of hydrogen-bond donors (Lipinski definition) is 1. The lowest BCUT2D eigenvalue weighted by Crippen LogP contribution is -2.28. The molecule has 1 aliphatic rings. The number of thiazole rings is 1. The zero-order valence-electron chi connectivity index (χ0n) is 17.0. The van der Waals surface area contributed by atoms with Crippen LogP contribution in [-0.2, 0) is 17.8 Å². The van der Waals surface area contributed by atoms with Crippen molar-refractivity contribution >= 4 is 33.6 Å². The number of ether oxygens (including phenoxy) is 1. The van der Waals surface area contributed by atoms with E-state index in [2.05, 4.69) is 20.3 Å². The molecule has 1 atom stereocenters. The smallest absolute Gasteiger partial charge is 0.254 e. The van der Waals surface area contributed by atoms with Gasteiger partial charge in [-0.05, 0) is 31.9 Å². The molecule has 1 aromatic carbocycles. The molecule has 0 radical (unpaired) electrons. The van der Waals surface area contributed by atoms with Crippen LogP contribution >= 0.6 is 11.3 Å². The zero-order chi connectivity index (χ0) is 22.7. The number of nitrogens with one attached hydrogen (secondary N) is 1. The maximum Gasteiger partial charge on any atom is 0.254 e. The minimum Gasteiger partial charge on any atom is -0.755 e. The molecule has 0 saturated heterocycles. The van der Waals surface area contributed by atoms with E-state index in [1.165, 1.54) is 40.2 Å². The molecule has 0 bridgehead atoms. The molecule has 2 heterocycles. The van der Waals surface area contributed by atoms with Crippen LogP contribution in [0.4, 0.5) is 9.52 Å². The van der Waals surface area contributed by atoms with Crippen LogP contribution in [0.5, 0.6) is 5.88 Å². The van der Waals surface area contributed by atoms with E-state index in [-0.39, 0.29) is 18.2 Å². The van der Waals surface area contributed by atoms with E-state index >= 15 is 0 Å². The summed E-state index contributed by atoms with van der Waals surface area (Å²) < 4.78 is 44.0. The Labute approximate surface area is 190 Å². The van der Waals surface area contributed by atoms with Crippen molar-refractivity contribution in [3.63, 3.8) is 0 Å². The average Bonchev–Trinajstić information content (AvgIpc) is 3.49. The van der Waals surface area contributed by atoms with Crippen LogP contribution in [0.3, 0.4) is 0 Å². The Hall–Kier alpha value is -2.96. The molecule has 1 aliphatic carbocycles. The fourth-order valence-corrected chi connectivity index (χ4v) is 4.69. The molecule has 1 saturated carbocycles. The van der Waals surface area contributed by atoms with Crippen LogP contribution in [0, 0.1) is 5.82 Å². The Bertz CT molecular complexity index is 1150. The lowest BCUT2D eigenvalue weighted by Gasteiger charge is -2.22. The lowest BCUT2D eigenvalue weighted by molar-refractivity contribution is 0.0946. The minimum absolute atomic E-state index is 0.0440.